The van der Waals surface area contributed by atoms with Gasteiger partial charge >= 0.3 is 0 Å². The van der Waals surface area contributed by atoms with Gasteiger partial charge in [0.05, 0.1) is 10.4 Å². The highest BCUT2D eigenvalue weighted by Crippen LogP contribution is 2.23. The molecule has 2 N–H and O–H groups in total. The van der Waals surface area contributed by atoms with Crippen LogP contribution in [0.1, 0.15) is 12.5 Å². The minimum Gasteiger partial charge on any atom is -0.361 e. The summed E-state index contributed by atoms with van der Waals surface area (Å²) >= 11 is 0. The predicted molar refractivity (Wildman–Crippen MR) is 67.3 cm³/mol. The normalized spacial score (nSPS) is 10.5. The molecule has 0 bridgehead atoms. The second-order valence-electron chi connectivity index (χ2n) is 4.03. The zero-order valence-corrected chi connectivity index (χ0v) is 9.90. The predicted octanol–water partition coefficient (Wildman–Crippen LogP) is 1.75. The number of nitrogens with one attached hydrogen (secondary N) is 2. The Hall–Kier alpha value is -2.37. The molecule has 0 saturated heterocycles. The first-order valence-electron chi connectivity index (χ1n) is 5.57. The summed E-state index contributed by atoms with van der Waals surface area (Å²) in [5, 5.41) is 14.3. The molecule has 0 atom stereocenters. The number of benzene rings is 1. The SMILES string of the molecule is CC(=O)NCCc1c[nH]c2cc([N+](=O)[O-])ccc12. The van der Waals surface area contributed by atoms with E-state index >= 15 is 0 Å². The van der Waals surface area contributed by atoms with Crippen LogP contribution in [0.15, 0.2) is 24.4 Å². The molecule has 2 aromatic rings. The molecule has 0 aliphatic carbocycles. The second-order valence-corrected chi connectivity index (χ2v) is 4.03. The Labute approximate surface area is 103 Å². The third-order valence-corrected chi connectivity index (χ3v) is 2.73. The van der Waals surface area contributed by atoms with E-state index in [1.165, 1.54) is 19.1 Å². The number of aromatic amines is 1. The van der Waals surface area contributed by atoms with Crippen LogP contribution in [0.25, 0.3) is 10.9 Å². The first kappa shape index (κ1) is 12.1. The van der Waals surface area contributed by atoms with Crippen molar-refractivity contribution in [2.75, 3.05) is 6.54 Å². The van der Waals surface area contributed by atoms with Gasteiger partial charge in [0.25, 0.3) is 5.69 Å². The van der Waals surface area contributed by atoms with Crippen LogP contribution in [0.3, 0.4) is 0 Å². The molecule has 6 nitrogen and oxygen atoms in total. The number of hydrogen-bond donors (Lipinski definition) is 2. The van der Waals surface area contributed by atoms with E-state index in [-0.39, 0.29) is 11.6 Å². The van der Waals surface area contributed by atoms with Gasteiger partial charge in [-0.2, -0.15) is 0 Å². The topological polar surface area (TPSA) is 88.0 Å². The van der Waals surface area contributed by atoms with Crippen LogP contribution in [-0.4, -0.2) is 22.4 Å². The smallest absolute Gasteiger partial charge is 0.271 e. The molecule has 1 aromatic heterocycles. The van der Waals surface area contributed by atoms with E-state index in [4.69, 9.17) is 0 Å². The van der Waals surface area contributed by atoms with E-state index in [2.05, 4.69) is 10.3 Å². The summed E-state index contributed by atoms with van der Waals surface area (Å²) in [5.74, 6) is -0.0644. The van der Waals surface area contributed by atoms with Gasteiger partial charge in [0, 0.05) is 37.2 Å². The molecule has 0 fully saturated rings. The molecule has 0 saturated carbocycles. The molecule has 0 radical (unpaired) electrons. The highest BCUT2D eigenvalue weighted by Gasteiger charge is 2.09. The minimum absolute atomic E-state index is 0.0644. The molecular weight excluding hydrogens is 234 g/mol. The number of nitro benzene ring substituents is 1. The molecule has 1 aromatic carbocycles. The largest absolute Gasteiger partial charge is 0.361 e. The van der Waals surface area contributed by atoms with Crippen molar-refractivity contribution in [3.63, 3.8) is 0 Å². The molecule has 6 heteroatoms. The van der Waals surface area contributed by atoms with Gasteiger partial charge in [-0.15, -0.1) is 0 Å². The lowest BCUT2D eigenvalue weighted by Crippen LogP contribution is -2.22. The summed E-state index contributed by atoms with van der Waals surface area (Å²) < 4.78 is 0. The maximum absolute atomic E-state index is 10.8. The number of H-pyrrole nitrogens is 1. The van der Waals surface area contributed by atoms with Gasteiger partial charge in [0.15, 0.2) is 0 Å². The Morgan fingerprint density at radius 2 is 2.28 bits per heavy atom. The highest BCUT2D eigenvalue weighted by atomic mass is 16.6. The third-order valence-electron chi connectivity index (χ3n) is 2.73. The average molecular weight is 247 g/mol. The van der Waals surface area contributed by atoms with Crippen molar-refractivity contribution in [3.05, 3.63) is 40.1 Å². The maximum Gasteiger partial charge on any atom is 0.271 e. The number of carbonyl (C=O) groups excluding carboxylic acids is 1. The number of fused-ring (bicyclic) bond motifs is 1. The third kappa shape index (κ3) is 2.48. The lowest BCUT2D eigenvalue weighted by Gasteiger charge is -2.00. The molecule has 18 heavy (non-hydrogen) atoms. The fourth-order valence-corrected chi connectivity index (χ4v) is 1.87. The summed E-state index contributed by atoms with van der Waals surface area (Å²) in [6.45, 7) is 2.03. The van der Waals surface area contributed by atoms with E-state index < -0.39 is 4.92 Å². The molecule has 1 heterocycles. The zero-order valence-electron chi connectivity index (χ0n) is 9.90. The number of hydrogen-bond acceptors (Lipinski definition) is 3. The lowest BCUT2D eigenvalue weighted by molar-refractivity contribution is -0.384. The monoisotopic (exact) mass is 247 g/mol. The number of non-ortho nitro benzene ring substituents is 1. The van der Waals surface area contributed by atoms with Gasteiger partial charge in [0.2, 0.25) is 5.91 Å². The first-order valence-corrected chi connectivity index (χ1v) is 5.57. The molecule has 0 aliphatic heterocycles. The molecular formula is C12H13N3O3. The number of nitrogens with zero attached hydrogens (tertiary/aromatic N) is 1. The van der Waals surface area contributed by atoms with Crippen molar-refractivity contribution in [3.8, 4) is 0 Å². The van der Waals surface area contributed by atoms with Gasteiger partial charge in [-0.3, -0.25) is 14.9 Å². The number of amides is 1. The Morgan fingerprint density at radius 3 is 2.94 bits per heavy atom. The number of rotatable bonds is 4. The summed E-state index contributed by atoms with van der Waals surface area (Å²) in [7, 11) is 0. The van der Waals surface area contributed by atoms with E-state index in [9.17, 15) is 14.9 Å². The zero-order chi connectivity index (χ0) is 13.1. The molecule has 0 unspecified atom stereocenters. The van der Waals surface area contributed by atoms with E-state index in [1.807, 2.05) is 6.20 Å². The van der Waals surface area contributed by atoms with Crippen LogP contribution in [-0.2, 0) is 11.2 Å². The van der Waals surface area contributed by atoms with Crippen LogP contribution in [0.5, 0.6) is 0 Å². The van der Waals surface area contributed by atoms with Crippen molar-refractivity contribution in [2.45, 2.75) is 13.3 Å². The standard InChI is InChI=1S/C12H13N3O3/c1-8(16)13-5-4-9-7-14-12-6-10(15(17)18)2-3-11(9)12/h2-3,6-7,14H,4-5H2,1H3,(H,13,16). The Balaban J connectivity index is 2.20. The highest BCUT2D eigenvalue weighted by molar-refractivity contribution is 5.85. The van der Waals surface area contributed by atoms with Crippen molar-refractivity contribution in [1.82, 2.24) is 10.3 Å². The fourth-order valence-electron chi connectivity index (χ4n) is 1.87. The summed E-state index contributed by atoms with van der Waals surface area (Å²) in [6.07, 6.45) is 2.51. The van der Waals surface area contributed by atoms with Crippen LogP contribution in [0.2, 0.25) is 0 Å². The summed E-state index contributed by atoms with van der Waals surface area (Å²) in [4.78, 5) is 24.0. The average Bonchev–Trinajstić information content (AvgIpc) is 2.71. The Morgan fingerprint density at radius 1 is 1.50 bits per heavy atom. The Kier molecular flexibility index (Phi) is 3.27. The first-order chi connectivity index (χ1) is 8.58. The number of nitro groups is 1. The van der Waals surface area contributed by atoms with E-state index in [0.717, 1.165) is 16.5 Å². The lowest BCUT2D eigenvalue weighted by atomic mass is 10.1. The fraction of sp³-hybridized carbons (Fsp3) is 0.250. The van der Waals surface area contributed by atoms with Gasteiger partial charge in [0.1, 0.15) is 0 Å². The Bertz CT molecular complexity index is 604. The minimum atomic E-state index is -0.419. The van der Waals surface area contributed by atoms with E-state index in [1.54, 1.807) is 6.07 Å². The number of carbonyl (C=O) groups is 1. The van der Waals surface area contributed by atoms with Gasteiger partial charge in [-0.1, -0.05) is 0 Å². The van der Waals surface area contributed by atoms with Crippen LogP contribution in [0.4, 0.5) is 5.69 Å². The summed E-state index contributed by atoms with van der Waals surface area (Å²) in [6, 6.07) is 4.72. The molecule has 0 spiro atoms. The second kappa shape index (κ2) is 4.87. The van der Waals surface area contributed by atoms with Crippen LogP contribution < -0.4 is 5.32 Å². The van der Waals surface area contributed by atoms with Crippen LogP contribution >= 0.6 is 0 Å². The summed E-state index contributed by atoms with van der Waals surface area (Å²) in [5.41, 5.74) is 1.84. The van der Waals surface area contributed by atoms with Gasteiger partial charge in [-0.05, 0) is 18.1 Å². The van der Waals surface area contributed by atoms with Crippen molar-refractivity contribution in [2.24, 2.45) is 0 Å². The molecule has 94 valence electrons. The molecule has 2 rings (SSSR count). The molecule has 1 amide bonds. The van der Waals surface area contributed by atoms with Gasteiger partial charge < -0.3 is 10.3 Å². The number of aromatic nitrogens is 1. The quantitative estimate of drug-likeness (QED) is 0.637. The van der Waals surface area contributed by atoms with Crippen LogP contribution in [0, 0.1) is 10.1 Å². The van der Waals surface area contributed by atoms with Gasteiger partial charge in [-0.25, -0.2) is 0 Å². The van der Waals surface area contributed by atoms with E-state index in [0.29, 0.717) is 13.0 Å². The van der Waals surface area contributed by atoms with Crippen molar-refractivity contribution < 1.29 is 9.72 Å². The van der Waals surface area contributed by atoms with Crippen molar-refractivity contribution in [1.29, 1.82) is 0 Å². The molecule has 0 aliphatic rings. The van der Waals surface area contributed by atoms with Crippen molar-refractivity contribution >= 4 is 22.5 Å². The maximum atomic E-state index is 10.8.